The summed E-state index contributed by atoms with van der Waals surface area (Å²) >= 11 is 0. The summed E-state index contributed by atoms with van der Waals surface area (Å²) < 4.78 is 161. The van der Waals surface area contributed by atoms with Crippen LogP contribution in [-0.4, -0.2) is 151 Å². The minimum absolute atomic E-state index is 0.0207. The van der Waals surface area contributed by atoms with Gasteiger partial charge in [-0.15, -0.1) is 0 Å². The minimum Gasteiger partial charge on any atom is -0.444 e. The summed E-state index contributed by atoms with van der Waals surface area (Å²) in [6.45, 7) is 8.54. The van der Waals surface area contributed by atoms with Crippen LogP contribution in [0.15, 0.2) is 60.7 Å². The molecule has 2 aromatic heterocycles. The number of aliphatic hydroxyl groups is 2. The van der Waals surface area contributed by atoms with Gasteiger partial charge >= 0.3 is 12.2 Å². The number of hydrogen-bond donors (Lipinski definition) is 4. The number of para-hydroxylation sites is 2. The van der Waals surface area contributed by atoms with Crippen molar-refractivity contribution in [3.63, 3.8) is 0 Å². The molecule has 6 heterocycles. The quantitative estimate of drug-likeness (QED) is 0.0683. The predicted octanol–water partition coefficient (Wildman–Crippen LogP) is 11.2. The average Bonchev–Trinajstić information content (AvgIpc) is 3.23. The molecule has 0 unspecified atom stereocenters. The smallest absolute Gasteiger partial charge is 0.410 e. The van der Waals surface area contributed by atoms with Crippen molar-refractivity contribution < 1.29 is 82.8 Å². The Balaban J connectivity index is 0.000000202. The second kappa shape index (κ2) is 22.8. The number of halogens is 10. The van der Waals surface area contributed by atoms with Crippen LogP contribution in [0.1, 0.15) is 122 Å². The first-order chi connectivity index (χ1) is 39.2. The fraction of sp³-hybridized carbons (Fsp3) is 0.467. The number of aromatic nitrogens is 2. The Hall–Kier alpha value is -7.02. The zero-order valence-corrected chi connectivity index (χ0v) is 47.2. The van der Waals surface area contributed by atoms with Crippen LogP contribution in [0.2, 0.25) is 0 Å². The fourth-order valence-corrected chi connectivity index (χ4v) is 11.5. The number of fused-ring (bicyclic) bond motifs is 6. The maximum absolute atomic E-state index is 15.8. The van der Waals surface area contributed by atoms with Crippen molar-refractivity contribution in [3.05, 3.63) is 140 Å². The van der Waals surface area contributed by atoms with Gasteiger partial charge in [-0.3, -0.25) is 19.4 Å². The van der Waals surface area contributed by atoms with E-state index in [-0.39, 0.29) is 72.6 Å². The highest BCUT2D eigenvalue weighted by atomic mass is 19.3. The monoisotopic (exact) mass is 1190 g/mol. The molecule has 24 heteroatoms. The Morgan fingerprint density at radius 1 is 0.536 bits per heavy atom. The van der Waals surface area contributed by atoms with Gasteiger partial charge in [0.1, 0.15) is 59.3 Å². The van der Waals surface area contributed by atoms with Crippen LogP contribution in [0.3, 0.4) is 0 Å². The Morgan fingerprint density at radius 3 is 1.15 bits per heavy atom. The van der Waals surface area contributed by atoms with Gasteiger partial charge in [0.2, 0.25) is 0 Å². The molecule has 0 saturated carbocycles. The van der Waals surface area contributed by atoms with E-state index >= 15 is 17.6 Å². The lowest BCUT2D eigenvalue weighted by molar-refractivity contribution is -0.0870. The largest absolute Gasteiger partial charge is 0.444 e. The van der Waals surface area contributed by atoms with Crippen molar-refractivity contribution in [2.75, 3.05) is 52.5 Å². The van der Waals surface area contributed by atoms with E-state index in [9.17, 15) is 55.7 Å². The van der Waals surface area contributed by atoms with E-state index < -0.39 is 155 Å². The van der Waals surface area contributed by atoms with Crippen molar-refractivity contribution in [1.29, 1.82) is 0 Å². The SMILES string of the molecule is C[C@H]1Cc2c([nH]c3c(F)cccc23)[C@@H](c2c(F)cc(C(=O)C3CN(C(=O)OC(C)(C)C)C3)cc2F)N1CC(F)(F)CO.C[C@H]1Cc2c([nH]c3c(F)cccc23)[C@H](c2c(F)cc(C(=O)C3CN(C(=O)OC(C)(C)C)C3)cc2F)N1CC(F)(F)CO. The maximum atomic E-state index is 15.8. The topological polar surface area (TPSA) is 172 Å². The molecule has 2 saturated heterocycles. The highest BCUT2D eigenvalue weighted by Gasteiger charge is 2.47. The summed E-state index contributed by atoms with van der Waals surface area (Å²) in [6, 6.07) is 7.95. The number of ether oxygens (including phenoxy) is 2. The van der Waals surface area contributed by atoms with Gasteiger partial charge in [0, 0.05) is 82.7 Å². The van der Waals surface area contributed by atoms with Gasteiger partial charge in [0.25, 0.3) is 11.8 Å². The van der Waals surface area contributed by atoms with Crippen molar-refractivity contribution in [3.8, 4) is 0 Å². The Kier molecular flexibility index (Phi) is 16.7. The molecule has 14 nitrogen and oxygen atoms in total. The second-order valence-electron chi connectivity index (χ2n) is 24.2. The maximum Gasteiger partial charge on any atom is 0.410 e. The van der Waals surface area contributed by atoms with Crippen molar-refractivity contribution in [2.24, 2.45) is 11.8 Å². The Bertz CT molecular complexity index is 3270. The molecule has 10 rings (SSSR count). The van der Waals surface area contributed by atoms with Crippen LogP contribution in [0.5, 0.6) is 0 Å². The number of aromatic amines is 2. The van der Waals surface area contributed by atoms with Crippen molar-refractivity contribution in [1.82, 2.24) is 29.6 Å². The number of hydrogen-bond acceptors (Lipinski definition) is 10. The van der Waals surface area contributed by atoms with Gasteiger partial charge in [-0.05, 0) is 116 Å². The number of nitrogens with zero attached hydrogens (tertiary/aromatic N) is 4. The van der Waals surface area contributed by atoms with Gasteiger partial charge in [-0.25, -0.2) is 53.5 Å². The normalized spacial score (nSPS) is 20.0. The average molecular weight is 1190 g/mol. The molecule has 4 atom stereocenters. The zero-order chi connectivity index (χ0) is 61.4. The first-order valence-corrected chi connectivity index (χ1v) is 27.3. The van der Waals surface area contributed by atoms with E-state index in [0.717, 1.165) is 24.3 Å². The molecule has 4 aliphatic heterocycles. The molecule has 0 radical (unpaired) electrons. The molecular formula is C60H64F10N6O8. The number of carbonyl (C=O) groups excluding carboxylic acids is 4. The number of ketones is 2. The summed E-state index contributed by atoms with van der Waals surface area (Å²) in [7, 11) is 0. The molecule has 4 aromatic carbocycles. The summed E-state index contributed by atoms with van der Waals surface area (Å²) in [6.07, 6.45) is -0.828. The third-order valence-electron chi connectivity index (χ3n) is 15.6. The number of benzene rings is 4. The summed E-state index contributed by atoms with van der Waals surface area (Å²) in [5, 5.41) is 19.5. The van der Waals surface area contributed by atoms with Crippen LogP contribution >= 0.6 is 0 Å². The molecule has 0 aliphatic carbocycles. The van der Waals surface area contributed by atoms with Crippen LogP contribution in [-0.2, 0) is 22.3 Å². The summed E-state index contributed by atoms with van der Waals surface area (Å²) in [4.78, 5) is 61.3. The highest BCUT2D eigenvalue weighted by Crippen LogP contribution is 2.46. The van der Waals surface area contributed by atoms with Crippen molar-refractivity contribution in [2.45, 2.75) is 115 Å². The predicted molar refractivity (Wildman–Crippen MR) is 288 cm³/mol. The number of alkyl halides is 4. The molecule has 2 amide bonds. The number of Topliss-reactive ketones (excluding diaryl/α,β-unsaturated/α-hetero) is 2. The first kappa shape index (κ1) is 61.5. The highest BCUT2D eigenvalue weighted by molar-refractivity contribution is 6.00. The molecule has 6 aromatic rings. The second-order valence-corrected chi connectivity index (χ2v) is 24.2. The molecule has 452 valence electrons. The van der Waals surface area contributed by atoms with Crippen LogP contribution in [0.4, 0.5) is 53.5 Å². The van der Waals surface area contributed by atoms with Gasteiger partial charge in [0.15, 0.2) is 11.6 Å². The minimum atomic E-state index is -3.59. The Morgan fingerprint density at radius 2 is 0.857 bits per heavy atom. The molecule has 0 spiro atoms. The number of rotatable bonds is 12. The van der Waals surface area contributed by atoms with Crippen LogP contribution < -0.4 is 0 Å². The number of nitrogens with one attached hydrogen (secondary N) is 2. The fourth-order valence-electron chi connectivity index (χ4n) is 11.5. The van der Waals surface area contributed by atoms with Crippen molar-refractivity contribution >= 4 is 45.6 Å². The van der Waals surface area contributed by atoms with E-state index in [1.165, 1.54) is 43.9 Å². The molecular weight excluding hydrogens is 1120 g/mol. The third kappa shape index (κ3) is 12.3. The number of aliphatic hydroxyl groups excluding tert-OH is 2. The lowest BCUT2D eigenvalue weighted by atomic mass is 9.86. The van der Waals surface area contributed by atoms with Gasteiger partial charge < -0.3 is 39.5 Å². The molecule has 0 bridgehead atoms. The number of likely N-dealkylation sites (tertiary alicyclic amines) is 2. The first-order valence-electron chi connectivity index (χ1n) is 27.3. The van der Waals surface area contributed by atoms with E-state index in [1.54, 1.807) is 67.5 Å². The number of H-pyrrole nitrogens is 2. The lowest BCUT2D eigenvalue weighted by Gasteiger charge is -2.42. The van der Waals surface area contributed by atoms with E-state index in [4.69, 9.17) is 9.47 Å². The third-order valence-corrected chi connectivity index (χ3v) is 15.6. The molecule has 4 aliphatic rings. The van der Waals surface area contributed by atoms with E-state index in [0.29, 0.717) is 21.9 Å². The zero-order valence-electron chi connectivity index (χ0n) is 47.2. The standard InChI is InChI=1S/2C30H32F5N3O4/c2*1-15-8-19-18-6-5-7-20(31)24(18)36-25(19)26(38(15)13-30(34,35)14-39)23-21(32)9-16(10-22(23)33)27(40)17-11-37(12-17)28(41)42-29(2,3)4/h2*5-7,9-10,15,17,26,36,39H,8,11-14H2,1-4H3/t15-,26+;15-,26-/m00/s1. The van der Waals surface area contributed by atoms with E-state index in [2.05, 4.69) is 9.97 Å². The molecule has 2 fully saturated rings. The summed E-state index contributed by atoms with van der Waals surface area (Å²) in [5.74, 6) is -15.5. The lowest BCUT2D eigenvalue weighted by Crippen LogP contribution is -2.54. The van der Waals surface area contributed by atoms with Gasteiger partial charge in [-0.2, -0.15) is 0 Å². The molecule has 4 N–H and O–H groups in total. The van der Waals surface area contributed by atoms with Gasteiger partial charge in [-0.1, -0.05) is 24.3 Å². The molecule has 84 heavy (non-hydrogen) atoms. The van der Waals surface area contributed by atoms with E-state index in [1.807, 2.05) is 0 Å². The van der Waals surface area contributed by atoms with Gasteiger partial charge in [0.05, 0.1) is 48.0 Å². The number of carbonyl (C=O) groups is 4. The Labute approximate surface area is 476 Å². The number of amides is 2. The van der Waals surface area contributed by atoms with Crippen LogP contribution in [0.25, 0.3) is 21.8 Å². The van der Waals surface area contributed by atoms with Crippen LogP contribution in [0, 0.1) is 46.7 Å². The summed E-state index contributed by atoms with van der Waals surface area (Å²) in [5.41, 5.74) is -1.56.